The highest BCUT2D eigenvalue weighted by molar-refractivity contribution is 7.98. The SMILES string of the molecule is COc1ccc2[nH]c(CSc3nc4ccc(Cl)cc4[nH]3)nc2n1. The number of hydrogen-bond acceptors (Lipinski definition) is 5. The van der Waals surface area contributed by atoms with Crippen molar-refractivity contribution in [3.63, 3.8) is 0 Å². The molecule has 3 aromatic heterocycles. The number of ether oxygens (including phenoxy) is 1. The molecule has 2 N–H and O–H groups in total. The first-order valence-electron chi connectivity index (χ1n) is 6.89. The first-order chi connectivity index (χ1) is 11.2. The van der Waals surface area contributed by atoms with Crippen molar-refractivity contribution in [1.29, 1.82) is 0 Å². The standard InChI is InChI=1S/C15H12ClN5OS/c1-22-13-5-4-10-14(21-13)20-12(17-10)7-23-15-18-9-3-2-8(16)6-11(9)19-15/h2-6H,7H2,1H3,(H,18,19)(H,17,20,21). The Morgan fingerprint density at radius 3 is 2.87 bits per heavy atom. The molecule has 0 aliphatic heterocycles. The first kappa shape index (κ1) is 14.3. The molecule has 8 heteroatoms. The lowest BCUT2D eigenvalue weighted by molar-refractivity contribution is 0.399. The molecule has 0 spiro atoms. The molecule has 0 fully saturated rings. The maximum atomic E-state index is 5.98. The number of nitrogens with one attached hydrogen (secondary N) is 2. The second-order valence-corrected chi connectivity index (χ2v) is 6.30. The summed E-state index contributed by atoms with van der Waals surface area (Å²) in [6, 6.07) is 9.31. The highest BCUT2D eigenvalue weighted by Gasteiger charge is 2.08. The molecule has 0 aliphatic rings. The third kappa shape index (κ3) is 2.85. The Balaban J connectivity index is 1.55. The van der Waals surface area contributed by atoms with Crippen LogP contribution in [0.15, 0.2) is 35.5 Å². The van der Waals surface area contributed by atoms with E-state index in [9.17, 15) is 0 Å². The minimum atomic E-state index is 0.553. The van der Waals surface area contributed by atoms with Crippen molar-refractivity contribution in [2.45, 2.75) is 10.9 Å². The normalized spacial score (nSPS) is 11.4. The summed E-state index contributed by atoms with van der Waals surface area (Å²) in [5.74, 6) is 2.05. The Kier molecular flexibility index (Phi) is 3.59. The van der Waals surface area contributed by atoms with Crippen molar-refractivity contribution < 1.29 is 4.74 Å². The molecule has 1 aromatic carbocycles. The van der Waals surface area contributed by atoms with Crippen molar-refractivity contribution in [3.05, 3.63) is 41.2 Å². The maximum absolute atomic E-state index is 5.98. The highest BCUT2D eigenvalue weighted by atomic mass is 35.5. The van der Waals surface area contributed by atoms with E-state index >= 15 is 0 Å². The van der Waals surface area contributed by atoms with Gasteiger partial charge in [-0.05, 0) is 24.3 Å². The summed E-state index contributed by atoms with van der Waals surface area (Å²) in [6.07, 6.45) is 0. The summed E-state index contributed by atoms with van der Waals surface area (Å²) in [6.45, 7) is 0. The molecule has 23 heavy (non-hydrogen) atoms. The Morgan fingerprint density at radius 2 is 2.00 bits per heavy atom. The van der Waals surface area contributed by atoms with Crippen LogP contribution in [0.5, 0.6) is 5.88 Å². The zero-order valence-corrected chi connectivity index (χ0v) is 13.7. The second kappa shape index (κ2) is 5.75. The molecule has 4 rings (SSSR count). The molecule has 0 radical (unpaired) electrons. The quantitative estimate of drug-likeness (QED) is 0.550. The predicted molar refractivity (Wildman–Crippen MR) is 91.1 cm³/mol. The van der Waals surface area contributed by atoms with Gasteiger partial charge in [0.05, 0.1) is 29.4 Å². The van der Waals surface area contributed by atoms with Crippen LogP contribution >= 0.6 is 23.4 Å². The van der Waals surface area contributed by atoms with E-state index in [1.54, 1.807) is 24.9 Å². The molecule has 3 heterocycles. The van der Waals surface area contributed by atoms with Gasteiger partial charge in [-0.15, -0.1) is 0 Å². The Hall–Kier alpha value is -2.25. The number of imidazole rings is 2. The molecule has 0 saturated carbocycles. The third-order valence-electron chi connectivity index (χ3n) is 3.35. The lowest BCUT2D eigenvalue weighted by Crippen LogP contribution is -1.87. The summed E-state index contributed by atoms with van der Waals surface area (Å²) in [7, 11) is 1.59. The fourth-order valence-corrected chi connectivity index (χ4v) is 3.20. The highest BCUT2D eigenvalue weighted by Crippen LogP contribution is 2.25. The van der Waals surface area contributed by atoms with Crippen molar-refractivity contribution >= 4 is 45.6 Å². The topological polar surface area (TPSA) is 79.5 Å². The van der Waals surface area contributed by atoms with E-state index in [2.05, 4.69) is 24.9 Å². The van der Waals surface area contributed by atoms with Gasteiger partial charge < -0.3 is 14.7 Å². The third-order valence-corrected chi connectivity index (χ3v) is 4.47. The average Bonchev–Trinajstić information content (AvgIpc) is 3.14. The predicted octanol–water partition coefficient (Wildman–Crippen LogP) is 3.79. The van der Waals surface area contributed by atoms with E-state index in [0.29, 0.717) is 22.3 Å². The number of H-pyrrole nitrogens is 2. The second-order valence-electron chi connectivity index (χ2n) is 4.90. The van der Waals surface area contributed by atoms with Crippen LogP contribution < -0.4 is 4.74 Å². The van der Waals surface area contributed by atoms with Gasteiger partial charge in [0, 0.05) is 11.1 Å². The van der Waals surface area contributed by atoms with E-state index in [1.165, 1.54) is 0 Å². The summed E-state index contributed by atoms with van der Waals surface area (Å²) in [4.78, 5) is 19.8. The fourth-order valence-electron chi connectivity index (χ4n) is 2.27. The number of hydrogen-bond donors (Lipinski definition) is 2. The Morgan fingerprint density at radius 1 is 1.09 bits per heavy atom. The number of nitrogens with zero attached hydrogens (tertiary/aromatic N) is 3. The smallest absolute Gasteiger partial charge is 0.215 e. The van der Waals surface area contributed by atoms with E-state index in [-0.39, 0.29) is 0 Å². The molecule has 0 bridgehead atoms. The minimum Gasteiger partial charge on any atom is -0.481 e. The molecule has 0 unspecified atom stereocenters. The Labute approximate surface area is 140 Å². The fraction of sp³-hybridized carbons (Fsp3) is 0.133. The number of aromatic nitrogens is 5. The molecule has 0 atom stereocenters. The number of thioether (sulfide) groups is 1. The molecular formula is C15H12ClN5OS. The number of aromatic amines is 2. The van der Waals surface area contributed by atoms with Crippen molar-refractivity contribution in [3.8, 4) is 5.88 Å². The number of pyridine rings is 1. The monoisotopic (exact) mass is 345 g/mol. The van der Waals surface area contributed by atoms with Gasteiger partial charge in [-0.1, -0.05) is 23.4 Å². The van der Waals surface area contributed by atoms with Crippen LogP contribution in [0.3, 0.4) is 0 Å². The lowest BCUT2D eigenvalue weighted by Gasteiger charge is -1.95. The van der Waals surface area contributed by atoms with Crippen LogP contribution in [-0.2, 0) is 5.75 Å². The summed E-state index contributed by atoms with van der Waals surface area (Å²) in [5.41, 5.74) is 3.36. The Bertz CT molecular complexity index is 996. The van der Waals surface area contributed by atoms with Gasteiger partial charge in [0.25, 0.3) is 0 Å². The van der Waals surface area contributed by atoms with E-state index in [4.69, 9.17) is 16.3 Å². The van der Waals surface area contributed by atoms with Crippen molar-refractivity contribution in [2.75, 3.05) is 7.11 Å². The average molecular weight is 346 g/mol. The molecule has 0 saturated heterocycles. The van der Waals surface area contributed by atoms with Gasteiger partial charge >= 0.3 is 0 Å². The van der Waals surface area contributed by atoms with Gasteiger partial charge in [-0.3, -0.25) is 0 Å². The van der Waals surface area contributed by atoms with Crippen LogP contribution in [0, 0.1) is 0 Å². The number of rotatable bonds is 4. The van der Waals surface area contributed by atoms with Crippen molar-refractivity contribution in [1.82, 2.24) is 24.9 Å². The van der Waals surface area contributed by atoms with Crippen LogP contribution in [0.4, 0.5) is 0 Å². The molecule has 4 aromatic rings. The van der Waals surface area contributed by atoms with Crippen LogP contribution in [0.2, 0.25) is 5.02 Å². The zero-order chi connectivity index (χ0) is 15.8. The maximum Gasteiger partial charge on any atom is 0.215 e. The lowest BCUT2D eigenvalue weighted by atomic mass is 10.3. The summed E-state index contributed by atoms with van der Waals surface area (Å²) in [5, 5.41) is 1.52. The van der Waals surface area contributed by atoms with Crippen molar-refractivity contribution in [2.24, 2.45) is 0 Å². The van der Waals surface area contributed by atoms with Crippen LogP contribution in [0.1, 0.15) is 5.82 Å². The minimum absolute atomic E-state index is 0.553. The van der Waals surface area contributed by atoms with Crippen LogP contribution in [-0.4, -0.2) is 32.0 Å². The van der Waals surface area contributed by atoms with Gasteiger partial charge in [0.15, 0.2) is 10.8 Å². The number of benzene rings is 1. The van der Waals surface area contributed by atoms with Gasteiger partial charge in [-0.25, -0.2) is 9.97 Å². The van der Waals surface area contributed by atoms with E-state index < -0.39 is 0 Å². The van der Waals surface area contributed by atoms with E-state index in [1.807, 2.05) is 24.3 Å². The first-order valence-corrected chi connectivity index (χ1v) is 8.25. The summed E-state index contributed by atoms with van der Waals surface area (Å²) >= 11 is 7.55. The summed E-state index contributed by atoms with van der Waals surface area (Å²) < 4.78 is 5.11. The molecule has 0 amide bonds. The number of fused-ring (bicyclic) bond motifs is 2. The van der Waals surface area contributed by atoms with Gasteiger partial charge in [0.2, 0.25) is 5.88 Å². The zero-order valence-electron chi connectivity index (χ0n) is 12.1. The molecule has 116 valence electrons. The molecule has 6 nitrogen and oxygen atoms in total. The van der Waals surface area contributed by atoms with Crippen LogP contribution in [0.25, 0.3) is 22.2 Å². The molecular weight excluding hydrogens is 334 g/mol. The number of methoxy groups -OCH3 is 1. The van der Waals surface area contributed by atoms with E-state index in [0.717, 1.165) is 27.5 Å². The van der Waals surface area contributed by atoms with Gasteiger partial charge in [0.1, 0.15) is 5.82 Å². The largest absolute Gasteiger partial charge is 0.481 e. The molecule has 0 aliphatic carbocycles. The van der Waals surface area contributed by atoms with Gasteiger partial charge in [-0.2, -0.15) is 4.98 Å². The number of halogens is 1.